The lowest BCUT2D eigenvalue weighted by Crippen LogP contribution is -2.39. The fourth-order valence-electron chi connectivity index (χ4n) is 2.21. The van der Waals surface area contributed by atoms with Gasteiger partial charge in [0.25, 0.3) is 0 Å². The van der Waals surface area contributed by atoms with E-state index in [1.807, 2.05) is 0 Å². The van der Waals surface area contributed by atoms with Gasteiger partial charge in [-0.25, -0.2) is 0 Å². The number of carbonyl (C=O) groups is 1. The Bertz CT molecular complexity index is 514. The van der Waals surface area contributed by atoms with Gasteiger partial charge in [0.15, 0.2) is 0 Å². The molecule has 1 aromatic rings. The van der Waals surface area contributed by atoms with Crippen LogP contribution in [0.1, 0.15) is 25.7 Å². The summed E-state index contributed by atoms with van der Waals surface area (Å²) in [7, 11) is 0. The van der Waals surface area contributed by atoms with Crippen molar-refractivity contribution in [1.82, 2.24) is 5.32 Å². The van der Waals surface area contributed by atoms with Crippen LogP contribution < -0.4 is 10.6 Å². The molecule has 1 saturated heterocycles. The lowest BCUT2D eigenvalue weighted by atomic mass is 10.1. The Hall–Kier alpha value is -2.02. The minimum absolute atomic E-state index is 0.226. The molecule has 0 aliphatic carbocycles. The molecule has 0 spiro atoms. The fraction of sp³-hybridized carbons (Fsp3) is 0.462. The van der Waals surface area contributed by atoms with Crippen LogP contribution in [-0.4, -0.2) is 23.4 Å². The molecule has 7 heteroatoms. The Morgan fingerprint density at radius 3 is 2.90 bits per heavy atom. The van der Waals surface area contributed by atoms with Gasteiger partial charge in [0, 0.05) is 17.8 Å². The maximum absolute atomic E-state index is 13.4. The van der Waals surface area contributed by atoms with Crippen molar-refractivity contribution in [2.75, 3.05) is 11.9 Å². The van der Waals surface area contributed by atoms with Crippen LogP contribution >= 0.6 is 0 Å². The van der Waals surface area contributed by atoms with Gasteiger partial charge >= 0.3 is 5.69 Å². The summed E-state index contributed by atoms with van der Waals surface area (Å²) in [4.78, 5) is 21.7. The number of nitrogens with zero attached hydrogens (tertiary/aromatic N) is 1. The molecule has 1 amide bonds. The van der Waals surface area contributed by atoms with Crippen LogP contribution in [0.25, 0.3) is 0 Å². The van der Waals surface area contributed by atoms with E-state index in [9.17, 15) is 19.3 Å². The van der Waals surface area contributed by atoms with E-state index < -0.39 is 16.4 Å². The Morgan fingerprint density at radius 1 is 1.40 bits per heavy atom. The molecule has 6 nitrogen and oxygen atoms in total. The summed E-state index contributed by atoms with van der Waals surface area (Å²) in [5, 5.41) is 16.2. The van der Waals surface area contributed by atoms with Crippen LogP contribution in [0.3, 0.4) is 0 Å². The topological polar surface area (TPSA) is 84.3 Å². The molecule has 1 aliphatic rings. The Kier molecular flexibility index (Phi) is 4.62. The van der Waals surface area contributed by atoms with Gasteiger partial charge in [0.05, 0.1) is 11.0 Å². The van der Waals surface area contributed by atoms with E-state index in [1.165, 1.54) is 6.07 Å². The zero-order valence-corrected chi connectivity index (χ0v) is 10.9. The van der Waals surface area contributed by atoms with Gasteiger partial charge in [0.1, 0.15) is 0 Å². The van der Waals surface area contributed by atoms with Crippen molar-refractivity contribution < 1.29 is 14.1 Å². The van der Waals surface area contributed by atoms with E-state index in [1.54, 1.807) is 0 Å². The molecule has 0 saturated carbocycles. The number of benzene rings is 1. The summed E-state index contributed by atoms with van der Waals surface area (Å²) >= 11 is 0. The van der Waals surface area contributed by atoms with Crippen LogP contribution in [-0.2, 0) is 4.79 Å². The van der Waals surface area contributed by atoms with Crippen molar-refractivity contribution in [2.24, 2.45) is 0 Å². The molecule has 0 bridgehead atoms. The number of nitrogens with one attached hydrogen (secondary N) is 2. The maximum Gasteiger partial charge on any atom is 0.304 e. The van der Waals surface area contributed by atoms with Crippen molar-refractivity contribution in [3.05, 3.63) is 34.1 Å². The predicted octanol–water partition coefficient (Wildman–Crippen LogP) is 2.20. The number of anilines is 1. The third-order valence-corrected chi connectivity index (χ3v) is 3.29. The Morgan fingerprint density at radius 2 is 2.20 bits per heavy atom. The second-order valence-corrected chi connectivity index (χ2v) is 4.77. The summed E-state index contributed by atoms with van der Waals surface area (Å²) in [6.07, 6.45) is 3.83. The quantitative estimate of drug-likeness (QED) is 0.657. The second kappa shape index (κ2) is 6.42. The standard InChI is InChI=1S/C13H16FN3O3/c14-10-8-9(5-6-12(10)17(19)20)16-13(18)11-4-2-1-3-7-15-11/h5-6,8,11,15H,1-4,7H2,(H,16,18). The normalized spacial score (nSPS) is 19.1. The van der Waals surface area contributed by atoms with Crippen molar-refractivity contribution >= 4 is 17.3 Å². The smallest absolute Gasteiger partial charge is 0.304 e. The number of carbonyl (C=O) groups excluding carboxylic acids is 1. The summed E-state index contributed by atoms with van der Waals surface area (Å²) in [5.74, 6) is -1.19. The Balaban J connectivity index is 2.03. The molecule has 0 radical (unpaired) electrons. The third-order valence-electron chi connectivity index (χ3n) is 3.29. The first kappa shape index (κ1) is 14.4. The highest BCUT2D eigenvalue weighted by atomic mass is 19.1. The lowest BCUT2D eigenvalue weighted by molar-refractivity contribution is -0.387. The summed E-state index contributed by atoms with van der Waals surface area (Å²) < 4.78 is 13.4. The number of rotatable bonds is 3. The molecule has 20 heavy (non-hydrogen) atoms. The van der Waals surface area contributed by atoms with Gasteiger partial charge < -0.3 is 10.6 Å². The van der Waals surface area contributed by atoms with E-state index in [-0.39, 0.29) is 17.6 Å². The zero-order chi connectivity index (χ0) is 14.5. The van der Waals surface area contributed by atoms with Crippen LogP contribution in [0.2, 0.25) is 0 Å². The first-order chi connectivity index (χ1) is 9.58. The van der Waals surface area contributed by atoms with Crippen molar-refractivity contribution in [3.63, 3.8) is 0 Å². The van der Waals surface area contributed by atoms with Crippen molar-refractivity contribution in [2.45, 2.75) is 31.7 Å². The molecule has 0 aromatic heterocycles. The summed E-state index contributed by atoms with van der Waals surface area (Å²) in [5.41, 5.74) is -0.375. The van der Waals surface area contributed by atoms with Crippen LogP contribution in [0, 0.1) is 15.9 Å². The number of amides is 1. The fourth-order valence-corrected chi connectivity index (χ4v) is 2.21. The molecule has 1 aliphatic heterocycles. The average molecular weight is 281 g/mol. The van der Waals surface area contributed by atoms with Crippen LogP contribution in [0.5, 0.6) is 0 Å². The van der Waals surface area contributed by atoms with Gasteiger partial charge in [-0.2, -0.15) is 4.39 Å². The molecule has 108 valence electrons. The highest BCUT2D eigenvalue weighted by Crippen LogP contribution is 2.21. The van der Waals surface area contributed by atoms with Gasteiger partial charge in [-0.3, -0.25) is 14.9 Å². The minimum atomic E-state index is -0.957. The molecule has 2 rings (SSSR count). The number of hydrogen-bond donors (Lipinski definition) is 2. The van der Waals surface area contributed by atoms with E-state index >= 15 is 0 Å². The second-order valence-electron chi connectivity index (χ2n) is 4.77. The molecular weight excluding hydrogens is 265 g/mol. The van der Waals surface area contributed by atoms with Gasteiger partial charge in [-0.05, 0) is 25.5 Å². The molecule has 1 heterocycles. The first-order valence-electron chi connectivity index (χ1n) is 6.56. The monoisotopic (exact) mass is 281 g/mol. The summed E-state index contributed by atoms with van der Waals surface area (Å²) in [6.45, 7) is 0.784. The highest BCUT2D eigenvalue weighted by Gasteiger charge is 2.20. The minimum Gasteiger partial charge on any atom is -0.325 e. The van der Waals surface area contributed by atoms with Crippen LogP contribution in [0.15, 0.2) is 18.2 Å². The Labute approximate surface area is 115 Å². The highest BCUT2D eigenvalue weighted by molar-refractivity contribution is 5.94. The lowest BCUT2D eigenvalue weighted by Gasteiger charge is -2.15. The van der Waals surface area contributed by atoms with Crippen molar-refractivity contribution in [3.8, 4) is 0 Å². The number of nitro groups is 1. The maximum atomic E-state index is 13.4. The molecule has 2 N–H and O–H groups in total. The molecule has 1 fully saturated rings. The van der Waals surface area contributed by atoms with E-state index in [0.29, 0.717) is 0 Å². The SMILES string of the molecule is O=C(Nc1ccc([N+](=O)[O-])c(F)c1)C1CCCCCN1. The largest absolute Gasteiger partial charge is 0.325 e. The summed E-state index contributed by atoms with van der Waals surface area (Å²) in [6, 6.07) is 3.05. The molecular formula is C13H16FN3O3. The van der Waals surface area contributed by atoms with Crippen molar-refractivity contribution in [1.29, 1.82) is 0 Å². The van der Waals surface area contributed by atoms with Gasteiger partial charge in [-0.1, -0.05) is 12.8 Å². The van der Waals surface area contributed by atoms with Gasteiger partial charge in [0.2, 0.25) is 11.7 Å². The van der Waals surface area contributed by atoms with E-state index in [2.05, 4.69) is 10.6 Å². The van der Waals surface area contributed by atoms with E-state index in [0.717, 1.165) is 44.4 Å². The van der Waals surface area contributed by atoms with E-state index in [4.69, 9.17) is 0 Å². The number of halogens is 1. The predicted molar refractivity (Wildman–Crippen MR) is 71.9 cm³/mol. The van der Waals surface area contributed by atoms with Crippen LogP contribution in [0.4, 0.5) is 15.8 Å². The number of hydrogen-bond acceptors (Lipinski definition) is 4. The average Bonchev–Trinajstić information content (AvgIpc) is 2.67. The molecule has 1 aromatic carbocycles. The molecule has 1 unspecified atom stereocenters. The zero-order valence-electron chi connectivity index (χ0n) is 10.9. The third kappa shape index (κ3) is 3.51. The number of nitro benzene ring substituents is 1. The molecule has 1 atom stereocenters. The van der Waals surface area contributed by atoms with Gasteiger partial charge in [-0.15, -0.1) is 0 Å². The first-order valence-corrected chi connectivity index (χ1v) is 6.56.